The number of ether oxygens (including phenoxy) is 1. The van der Waals surface area contributed by atoms with Crippen LogP contribution in [-0.2, 0) is 11.3 Å². The normalized spacial score (nSPS) is 10.5. The first-order valence-corrected chi connectivity index (χ1v) is 8.55. The largest absolute Gasteiger partial charge is 0.446 e. The topological polar surface area (TPSA) is 47.2 Å². The van der Waals surface area contributed by atoms with Crippen LogP contribution >= 0.6 is 15.9 Å². The van der Waals surface area contributed by atoms with Crippen LogP contribution in [0.15, 0.2) is 66.9 Å². The summed E-state index contributed by atoms with van der Waals surface area (Å²) in [6.45, 7) is 0.0710. The Balaban J connectivity index is 2.05. The number of carbonyl (C=O) groups is 2. The van der Waals surface area contributed by atoms with Gasteiger partial charge in [0.05, 0.1) is 5.39 Å². The quantitative estimate of drug-likeness (QED) is 0.292. The van der Waals surface area contributed by atoms with E-state index in [9.17, 15) is 9.59 Å². The number of carbonyl (C=O) groups excluding carboxylic acids is 2. The Kier molecular flexibility index (Phi) is 5.01. The van der Waals surface area contributed by atoms with Gasteiger partial charge >= 0.3 is 5.97 Å². The second-order valence-corrected chi connectivity index (χ2v) is 5.67. The van der Waals surface area contributed by atoms with Gasteiger partial charge in [0.2, 0.25) is 12.3 Å². The second-order valence-electron chi connectivity index (χ2n) is 5.21. The fraction of sp³-hybridized carbons (Fsp3) is 0.105. The van der Waals surface area contributed by atoms with Crippen molar-refractivity contribution in [3.8, 4) is 0 Å². The van der Waals surface area contributed by atoms with Gasteiger partial charge in [-0.1, -0.05) is 48.5 Å². The summed E-state index contributed by atoms with van der Waals surface area (Å²) in [6.07, 6.45) is 1.74. The Morgan fingerprint density at radius 3 is 2.42 bits per heavy atom. The molecule has 0 fully saturated rings. The van der Waals surface area contributed by atoms with E-state index in [0.717, 1.165) is 10.8 Å². The number of alkyl halides is 1. The highest BCUT2D eigenvalue weighted by atomic mass is 79.9. The van der Waals surface area contributed by atoms with Gasteiger partial charge in [-0.3, -0.25) is 4.79 Å². The summed E-state index contributed by atoms with van der Waals surface area (Å²) in [6, 6.07) is 18.4. The number of benzene rings is 2. The molecule has 1 aromatic heterocycles. The summed E-state index contributed by atoms with van der Waals surface area (Å²) in [4.78, 5) is 24.9. The van der Waals surface area contributed by atoms with E-state index in [1.807, 2.05) is 48.5 Å². The molecule has 0 radical (unpaired) electrons. The molecule has 120 valence electrons. The number of ketones is 1. The maximum Gasteiger partial charge on any atom is 0.405 e. The molecule has 0 amide bonds. The van der Waals surface area contributed by atoms with Gasteiger partial charge < -0.3 is 4.74 Å². The van der Waals surface area contributed by atoms with Crippen molar-refractivity contribution in [2.75, 3.05) is 5.52 Å². The Hall–Kier alpha value is -2.53. The summed E-state index contributed by atoms with van der Waals surface area (Å²) >= 11 is 3.10. The zero-order valence-electron chi connectivity index (χ0n) is 12.8. The second kappa shape index (κ2) is 7.36. The monoisotopic (exact) mass is 384 g/mol. The molecule has 2 aromatic carbocycles. The van der Waals surface area contributed by atoms with Gasteiger partial charge in [0.15, 0.2) is 6.20 Å². The number of hydrogen-bond acceptors (Lipinski definition) is 3. The number of aromatic nitrogens is 1. The van der Waals surface area contributed by atoms with E-state index in [4.69, 9.17) is 4.74 Å². The Morgan fingerprint density at radius 1 is 0.958 bits per heavy atom. The Bertz CT molecular complexity index is 894. The molecule has 0 aliphatic carbocycles. The number of fused-ring (bicyclic) bond motifs is 1. The highest BCUT2D eigenvalue weighted by molar-refractivity contribution is 9.09. The maximum absolute atomic E-state index is 12.5. The van der Waals surface area contributed by atoms with Crippen LogP contribution in [0, 0.1) is 0 Å². The van der Waals surface area contributed by atoms with Crippen LogP contribution in [0.2, 0.25) is 0 Å². The molecule has 0 spiro atoms. The van der Waals surface area contributed by atoms with Crippen molar-refractivity contribution in [3.05, 3.63) is 78.1 Å². The lowest BCUT2D eigenvalue weighted by atomic mass is 10.1. The molecule has 0 aliphatic rings. The summed E-state index contributed by atoms with van der Waals surface area (Å²) in [7, 11) is 0. The van der Waals surface area contributed by atoms with E-state index < -0.39 is 5.97 Å². The average Bonchev–Trinajstić information content (AvgIpc) is 2.62. The molecule has 0 aliphatic heterocycles. The third kappa shape index (κ3) is 3.36. The van der Waals surface area contributed by atoms with Crippen LogP contribution in [0.3, 0.4) is 0 Å². The number of rotatable bonds is 5. The zero-order chi connectivity index (χ0) is 16.9. The first kappa shape index (κ1) is 16.3. The molecule has 0 unspecified atom stereocenters. The standard InChI is InChI=1S/C19H15BrNO3/c20-13-24-19(23)18-16-9-5-4-6-14(16)10-11-21(18)12-17(22)15-7-2-1-3-8-15/h1-11H,12-13H2/q+1. The molecule has 5 heteroatoms. The summed E-state index contributed by atoms with van der Waals surface area (Å²) < 4.78 is 6.75. The van der Waals surface area contributed by atoms with Gasteiger partial charge in [0, 0.05) is 11.6 Å². The molecule has 4 nitrogen and oxygen atoms in total. The molecule has 1 heterocycles. The molecule has 3 rings (SSSR count). The zero-order valence-corrected chi connectivity index (χ0v) is 14.4. The van der Waals surface area contributed by atoms with E-state index in [2.05, 4.69) is 15.9 Å². The predicted octanol–water partition coefficient (Wildman–Crippen LogP) is 3.52. The van der Waals surface area contributed by atoms with Crippen molar-refractivity contribution in [1.29, 1.82) is 0 Å². The molecular weight excluding hydrogens is 370 g/mol. The van der Waals surface area contributed by atoms with Crippen molar-refractivity contribution in [2.45, 2.75) is 6.54 Å². The molecule has 0 saturated heterocycles. The minimum Gasteiger partial charge on any atom is -0.446 e. The van der Waals surface area contributed by atoms with Crippen LogP contribution in [0.1, 0.15) is 20.8 Å². The third-order valence-corrected chi connectivity index (χ3v) is 3.95. The fourth-order valence-corrected chi connectivity index (χ4v) is 2.81. The minimum atomic E-state index is -0.468. The molecule has 0 N–H and O–H groups in total. The average molecular weight is 385 g/mol. The molecule has 0 saturated carbocycles. The summed E-state index contributed by atoms with van der Waals surface area (Å²) in [5.41, 5.74) is 1.08. The lowest BCUT2D eigenvalue weighted by Crippen LogP contribution is -2.44. The highest BCUT2D eigenvalue weighted by Gasteiger charge is 2.26. The van der Waals surface area contributed by atoms with E-state index in [0.29, 0.717) is 11.3 Å². The van der Waals surface area contributed by atoms with Gasteiger partial charge in [-0.25, -0.2) is 4.79 Å². The number of halogens is 1. The molecular formula is C19H15BrNO3+. The SMILES string of the molecule is O=C(C[n+]1ccc2ccccc2c1C(=O)OCBr)c1ccccc1. The maximum atomic E-state index is 12.5. The smallest absolute Gasteiger partial charge is 0.405 e. The third-order valence-electron chi connectivity index (χ3n) is 3.73. The van der Waals surface area contributed by atoms with Crippen LogP contribution in [-0.4, -0.2) is 17.3 Å². The van der Waals surface area contributed by atoms with Crippen LogP contribution in [0.4, 0.5) is 0 Å². The van der Waals surface area contributed by atoms with Crippen LogP contribution in [0.25, 0.3) is 10.8 Å². The van der Waals surface area contributed by atoms with E-state index in [-0.39, 0.29) is 17.8 Å². The van der Waals surface area contributed by atoms with Crippen LogP contribution < -0.4 is 4.57 Å². The van der Waals surface area contributed by atoms with Gasteiger partial charge in [0.25, 0.3) is 5.69 Å². The van der Waals surface area contributed by atoms with Gasteiger partial charge in [-0.15, -0.1) is 0 Å². The molecule has 24 heavy (non-hydrogen) atoms. The number of esters is 1. The minimum absolute atomic E-state index is 0.0660. The van der Waals surface area contributed by atoms with Gasteiger partial charge in [-0.2, -0.15) is 4.57 Å². The van der Waals surface area contributed by atoms with Crippen molar-refractivity contribution < 1.29 is 18.9 Å². The van der Waals surface area contributed by atoms with Crippen molar-refractivity contribution in [3.63, 3.8) is 0 Å². The van der Waals surface area contributed by atoms with E-state index in [1.54, 1.807) is 22.9 Å². The van der Waals surface area contributed by atoms with E-state index >= 15 is 0 Å². The summed E-state index contributed by atoms with van der Waals surface area (Å²) in [5, 5.41) is 1.68. The Labute approximate surface area is 147 Å². The molecule has 3 aromatic rings. The first-order chi connectivity index (χ1) is 11.7. The van der Waals surface area contributed by atoms with Crippen molar-refractivity contribution >= 4 is 38.5 Å². The van der Waals surface area contributed by atoms with E-state index in [1.165, 1.54) is 0 Å². The lowest BCUT2D eigenvalue weighted by molar-refractivity contribution is -0.684. The predicted molar refractivity (Wildman–Crippen MR) is 94.1 cm³/mol. The fourth-order valence-electron chi connectivity index (χ4n) is 2.60. The lowest BCUT2D eigenvalue weighted by Gasteiger charge is -2.06. The Morgan fingerprint density at radius 2 is 1.67 bits per heavy atom. The molecule has 0 bridgehead atoms. The number of hydrogen-bond donors (Lipinski definition) is 0. The van der Waals surface area contributed by atoms with Gasteiger partial charge in [0.1, 0.15) is 5.52 Å². The first-order valence-electron chi connectivity index (χ1n) is 7.43. The van der Waals surface area contributed by atoms with Crippen molar-refractivity contribution in [2.24, 2.45) is 0 Å². The number of nitrogens with zero attached hydrogens (tertiary/aromatic N) is 1. The number of Topliss-reactive ketones (excluding diaryl/α,β-unsaturated/α-hetero) is 1. The van der Waals surface area contributed by atoms with Crippen LogP contribution in [0.5, 0.6) is 0 Å². The highest BCUT2D eigenvalue weighted by Crippen LogP contribution is 2.16. The van der Waals surface area contributed by atoms with Crippen molar-refractivity contribution in [1.82, 2.24) is 0 Å². The number of pyridine rings is 1. The van der Waals surface area contributed by atoms with Gasteiger partial charge in [-0.05, 0) is 27.4 Å². The molecule has 0 atom stereocenters. The summed E-state index contributed by atoms with van der Waals surface area (Å²) in [5.74, 6) is -0.534.